The van der Waals surface area contributed by atoms with Gasteiger partial charge in [-0.05, 0) is 43.4 Å². The second kappa shape index (κ2) is 6.12. The molecule has 1 N–H and O–H groups in total. The first-order valence-corrected chi connectivity index (χ1v) is 6.86. The number of aliphatic hydroxyl groups is 1. The van der Waals surface area contributed by atoms with Gasteiger partial charge in [0.2, 0.25) is 5.92 Å². The van der Waals surface area contributed by atoms with Crippen LogP contribution in [-0.4, -0.2) is 17.1 Å². The van der Waals surface area contributed by atoms with E-state index in [9.17, 15) is 13.9 Å². The van der Waals surface area contributed by atoms with Gasteiger partial charge in [-0.1, -0.05) is 20.8 Å². The van der Waals surface area contributed by atoms with Crippen molar-refractivity contribution in [2.75, 3.05) is 0 Å². The van der Waals surface area contributed by atoms with Gasteiger partial charge in [-0.3, -0.25) is 0 Å². The summed E-state index contributed by atoms with van der Waals surface area (Å²) in [5, 5.41) is 10.1. The predicted octanol–water partition coefficient (Wildman–Crippen LogP) is 4.25. The van der Waals surface area contributed by atoms with Crippen molar-refractivity contribution in [3.05, 3.63) is 0 Å². The summed E-state index contributed by atoms with van der Waals surface area (Å²) in [6.07, 6.45) is 2.32. The van der Waals surface area contributed by atoms with Crippen molar-refractivity contribution in [3.8, 4) is 0 Å². The van der Waals surface area contributed by atoms with Crippen LogP contribution < -0.4 is 0 Å². The minimum Gasteiger partial charge on any atom is -0.393 e. The molecule has 0 spiro atoms. The SMILES string of the molecule is CC(C)CC(C)CC(O)C1CCC(F)(F)CC1. The van der Waals surface area contributed by atoms with Crippen LogP contribution in [0.1, 0.15) is 59.3 Å². The minimum absolute atomic E-state index is 0.0483. The van der Waals surface area contributed by atoms with E-state index in [1.807, 2.05) is 0 Å². The van der Waals surface area contributed by atoms with Gasteiger partial charge >= 0.3 is 0 Å². The lowest BCUT2D eigenvalue weighted by Gasteiger charge is -2.32. The van der Waals surface area contributed by atoms with E-state index in [0.29, 0.717) is 24.7 Å². The number of rotatable bonds is 5. The van der Waals surface area contributed by atoms with Crippen LogP contribution in [-0.2, 0) is 0 Å². The Morgan fingerprint density at radius 1 is 1.12 bits per heavy atom. The van der Waals surface area contributed by atoms with Crippen LogP contribution in [0, 0.1) is 17.8 Å². The molecule has 3 heteroatoms. The first-order chi connectivity index (χ1) is 7.80. The molecule has 2 atom stereocenters. The van der Waals surface area contributed by atoms with E-state index in [1.165, 1.54) is 0 Å². The van der Waals surface area contributed by atoms with Crippen LogP contribution in [0.25, 0.3) is 0 Å². The van der Waals surface area contributed by atoms with Crippen molar-refractivity contribution in [3.63, 3.8) is 0 Å². The fourth-order valence-electron chi connectivity index (χ4n) is 2.95. The molecule has 1 rings (SSSR count). The summed E-state index contributed by atoms with van der Waals surface area (Å²) in [4.78, 5) is 0. The third kappa shape index (κ3) is 5.33. The van der Waals surface area contributed by atoms with Gasteiger partial charge in [0.15, 0.2) is 0 Å². The highest BCUT2D eigenvalue weighted by Gasteiger charge is 2.37. The Balaban J connectivity index is 2.31. The maximum Gasteiger partial charge on any atom is 0.248 e. The Morgan fingerprint density at radius 3 is 2.12 bits per heavy atom. The zero-order valence-electron chi connectivity index (χ0n) is 11.3. The second-order valence-electron chi connectivity index (χ2n) is 6.23. The van der Waals surface area contributed by atoms with E-state index in [2.05, 4.69) is 20.8 Å². The summed E-state index contributed by atoms with van der Waals surface area (Å²) >= 11 is 0. The van der Waals surface area contributed by atoms with Crippen LogP contribution in [0.2, 0.25) is 0 Å². The van der Waals surface area contributed by atoms with Gasteiger partial charge < -0.3 is 5.11 Å². The van der Waals surface area contributed by atoms with E-state index < -0.39 is 5.92 Å². The van der Waals surface area contributed by atoms with Crippen LogP contribution >= 0.6 is 0 Å². The molecule has 0 aromatic carbocycles. The van der Waals surface area contributed by atoms with Gasteiger partial charge in [0, 0.05) is 12.8 Å². The summed E-state index contributed by atoms with van der Waals surface area (Å²) in [7, 11) is 0. The third-order valence-corrected chi connectivity index (χ3v) is 3.82. The molecule has 0 radical (unpaired) electrons. The Labute approximate surface area is 104 Å². The lowest BCUT2D eigenvalue weighted by Crippen LogP contribution is -2.32. The van der Waals surface area contributed by atoms with Crippen molar-refractivity contribution in [1.82, 2.24) is 0 Å². The molecule has 1 aliphatic carbocycles. The molecule has 0 heterocycles. The zero-order chi connectivity index (χ0) is 13.1. The van der Waals surface area contributed by atoms with Crippen molar-refractivity contribution >= 4 is 0 Å². The second-order valence-corrected chi connectivity index (χ2v) is 6.23. The summed E-state index contributed by atoms with van der Waals surface area (Å²) in [5.41, 5.74) is 0. The van der Waals surface area contributed by atoms with Crippen LogP contribution in [0.3, 0.4) is 0 Å². The number of aliphatic hydroxyl groups excluding tert-OH is 1. The summed E-state index contributed by atoms with van der Waals surface area (Å²) in [6, 6.07) is 0. The molecular weight excluding hydrogens is 222 g/mol. The monoisotopic (exact) mass is 248 g/mol. The first kappa shape index (κ1) is 14.9. The Bertz CT molecular complexity index is 218. The molecule has 1 saturated carbocycles. The lowest BCUT2D eigenvalue weighted by molar-refractivity contribution is -0.0646. The molecule has 1 fully saturated rings. The summed E-state index contributed by atoms with van der Waals surface area (Å²) in [6.45, 7) is 6.48. The summed E-state index contributed by atoms with van der Waals surface area (Å²) < 4.78 is 26.0. The number of halogens is 2. The number of alkyl halides is 2. The largest absolute Gasteiger partial charge is 0.393 e. The van der Waals surface area contributed by atoms with E-state index >= 15 is 0 Å². The standard InChI is InChI=1S/C14H26F2O/c1-10(2)8-11(3)9-13(17)12-4-6-14(15,16)7-5-12/h10-13,17H,4-9H2,1-3H3. The van der Waals surface area contributed by atoms with E-state index in [0.717, 1.165) is 12.8 Å². The van der Waals surface area contributed by atoms with Gasteiger partial charge in [-0.25, -0.2) is 8.78 Å². The van der Waals surface area contributed by atoms with Gasteiger partial charge in [0.1, 0.15) is 0 Å². The first-order valence-electron chi connectivity index (χ1n) is 6.86. The number of hydrogen-bond donors (Lipinski definition) is 1. The molecule has 102 valence electrons. The topological polar surface area (TPSA) is 20.2 Å². The fourth-order valence-corrected chi connectivity index (χ4v) is 2.95. The smallest absolute Gasteiger partial charge is 0.248 e. The Kier molecular flexibility index (Phi) is 5.36. The molecule has 0 amide bonds. The van der Waals surface area contributed by atoms with E-state index in [1.54, 1.807) is 0 Å². The molecule has 0 aromatic heterocycles. The normalized spacial score (nSPS) is 24.9. The Morgan fingerprint density at radius 2 is 1.65 bits per heavy atom. The molecule has 0 saturated heterocycles. The maximum absolute atomic E-state index is 13.0. The maximum atomic E-state index is 13.0. The molecule has 17 heavy (non-hydrogen) atoms. The van der Waals surface area contributed by atoms with Crippen molar-refractivity contribution in [1.29, 1.82) is 0 Å². The molecule has 0 aliphatic heterocycles. The molecular formula is C14H26F2O. The molecule has 1 nitrogen and oxygen atoms in total. The average molecular weight is 248 g/mol. The predicted molar refractivity (Wildman–Crippen MR) is 66.1 cm³/mol. The van der Waals surface area contributed by atoms with Crippen LogP contribution in [0.15, 0.2) is 0 Å². The van der Waals surface area contributed by atoms with Crippen molar-refractivity contribution in [2.45, 2.75) is 71.3 Å². The van der Waals surface area contributed by atoms with E-state index in [-0.39, 0.29) is 24.9 Å². The highest BCUT2D eigenvalue weighted by molar-refractivity contribution is 4.82. The quantitative estimate of drug-likeness (QED) is 0.771. The van der Waals surface area contributed by atoms with E-state index in [4.69, 9.17) is 0 Å². The highest BCUT2D eigenvalue weighted by Crippen LogP contribution is 2.38. The molecule has 0 bridgehead atoms. The van der Waals surface area contributed by atoms with Gasteiger partial charge in [0.05, 0.1) is 6.10 Å². The van der Waals surface area contributed by atoms with Crippen LogP contribution in [0.4, 0.5) is 8.78 Å². The number of hydrogen-bond acceptors (Lipinski definition) is 1. The zero-order valence-corrected chi connectivity index (χ0v) is 11.3. The van der Waals surface area contributed by atoms with Gasteiger partial charge in [-0.2, -0.15) is 0 Å². The van der Waals surface area contributed by atoms with Crippen molar-refractivity contribution < 1.29 is 13.9 Å². The molecule has 2 unspecified atom stereocenters. The third-order valence-electron chi connectivity index (χ3n) is 3.82. The lowest BCUT2D eigenvalue weighted by atomic mass is 9.80. The minimum atomic E-state index is -2.49. The van der Waals surface area contributed by atoms with Gasteiger partial charge in [0.25, 0.3) is 0 Å². The summed E-state index contributed by atoms with van der Waals surface area (Å²) in [5.74, 6) is -1.29. The Hall–Kier alpha value is -0.180. The van der Waals surface area contributed by atoms with Crippen molar-refractivity contribution in [2.24, 2.45) is 17.8 Å². The highest BCUT2D eigenvalue weighted by atomic mass is 19.3. The molecule has 0 aromatic rings. The van der Waals surface area contributed by atoms with Crippen LogP contribution in [0.5, 0.6) is 0 Å². The van der Waals surface area contributed by atoms with Gasteiger partial charge in [-0.15, -0.1) is 0 Å². The average Bonchev–Trinajstić information content (AvgIpc) is 2.15. The molecule has 1 aliphatic rings. The fraction of sp³-hybridized carbons (Fsp3) is 1.00.